The fraction of sp³-hybridized carbons (Fsp3) is 0.200. The van der Waals surface area contributed by atoms with E-state index < -0.39 is 0 Å². The number of rotatable bonds is 3. The Morgan fingerprint density at radius 1 is 1.61 bits per heavy atom. The lowest BCUT2D eigenvalue weighted by Crippen LogP contribution is -2.13. The zero-order valence-corrected chi connectivity index (χ0v) is 10.7. The molecular weight excluding hydrogens is 252 g/mol. The Hall–Kier alpha value is -2.09. The molecule has 0 aromatic carbocycles. The summed E-state index contributed by atoms with van der Waals surface area (Å²) in [5.41, 5.74) is 6.55. The zero-order valence-electron chi connectivity index (χ0n) is 9.89. The maximum atomic E-state index is 11.2. The van der Waals surface area contributed by atoms with Crippen LogP contribution in [0.25, 0.3) is 0 Å². The van der Waals surface area contributed by atoms with Crippen LogP contribution in [0, 0.1) is 12.3 Å². The average Bonchev–Trinajstić information content (AvgIpc) is 2.53. The summed E-state index contributed by atoms with van der Waals surface area (Å²) in [7, 11) is 1.75. The van der Waals surface area contributed by atoms with Crippen molar-refractivity contribution >= 4 is 17.6 Å². The minimum Gasteiger partial charge on any atom is -0.384 e. The van der Waals surface area contributed by atoms with Crippen molar-refractivity contribution in [1.29, 1.82) is 5.41 Å². The number of H-pyrrole nitrogens is 1. The highest BCUT2D eigenvalue weighted by Gasteiger charge is 2.17. The molecule has 0 aliphatic carbocycles. The first kappa shape index (κ1) is 12.4. The first-order valence-electron chi connectivity index (χ1n) is 5.10. The molecule has 2 heterocycles. The van der Waals surface area contributed by atoms with E-state index in [1.165, 1.54) is 24.0 Å². The highest BCUT2D eigenvalue weighted by Crippen LogP contribution is 2.28. The van der Waals surface area contributed by atoms with Crippen molar-refractivity contribution in [2.24, 2.45) is 12.8 Å². The standard InChI is InChI=1S/C10H12N6OS/c1-5-7(8(11)12)9(16(2)15-5)18-10-13-4-3-6(17)14-10/h3-4H,1-2H3,(H3,11,12)(H,13,14,17). The van der Waals surface area contributed by atoms with E-state index in [-0.39, 0.29) is 11.4 Å². The van der Waals surface area contributed by atoms with Gasteiger partial charge in [-0.15, -0.1) is 0 Å². The summed E-state index contributed by atoms with van der Waals surface area (Å²) >= 11 is 1.22. The minimum atomic E-state index is -0.226. The lowest BCUT2D eigenvalue weighted by molar-refractivity contribution is 0.690. The van der Waals surface area contributed by atoms with Gasteiger partial charge in [0.15, 0.2) is 5.16 Å². The van der Waals surface area contributed by atoms with Gasteiger partial charge in [-0.25, -0.2) is 4.98 Å². The van der Waals surface area contributed by atoms with E-state index in [4.69, 9.17) is 11.1 Å². The number of nitrogens with zero attached hydrogens (tertiary/aromatic N) is 3. The SMILES string of the molecule is Cc1nn(C)c(Sc2nccc(=O)[nH]2)c1C(=N)N. The number of hydrogen-bond acceptors (Lipinski definition) is 5. The molecule has 94 valence electrons. The van der Waals surface area contributed by atoms with Gasteiger partial charge in [0.2, 0.25) is 0 Å². The summed E-state index contributed by atoms with van der Waals surface area (Å²) in [5, 5.41) is 12.9. The van der Waals surface area contributed by atoms with Crippen LogP contribution in [0.3, 0.4) is 0 Å². The van der Waals surface area contributed by atoms with Crippen LogP contribution in [-0.4, -0.2) is 25.6 Å². The highest BCUT2D eigenvalue weighted by atomic mass is 32.2. The van der Waals surface area contributed by atoms with E-state index in [1.807, 2.05) is 0 Å². The van der Waals surface area contributed by atoms with Gasteiger partial charge in [-0.1, -0.05) is 0 Å². The van der Waals surface area contributed by atoms with Gasteiger partial charge >= 0.3 is 0 Å². The lowest BCUT2D eigenvalue weighted by Gasteiger charge is -2.03. The Morgan fingerprint density at radius 2 is 2.33 bits per heavy atom. The van der Waals surface area contributed by atoms with Crippen LogP contribution in [0.15, 0.2) is 27.2 Å². The third-order valence-corrected chi connectivity index (χ3v) is 3.34. The van der Waals surface area contributed by atoms with E-state index in [0.29, 0.717) is 21.4 Å². The van der Waals surface area contributed by atoms with Crippen molar-refractivity contribution in [2.45, 2.75) is 17.1 Å². The summed E-state index contributed by atoms with van der Waals surface area (Å²) in [5.74, 6) is -0.0543. The van der Waals surface area contributed by atoms with Crippen molar-refractivity contribution in [3.8, 4) is 0 Å². The molecule has 0 spiro atoms. The second-order valence-corrected chi connectivity index (χ2v) is 4.62. The normalized spacial score (nSPS) is 10.6. The van der Waals surface area contributed by atoms with Gasteiger partial charge in [0.1, 0.15) is 10.9 Å². The van der Waals surface area contributed by atoms with Gasteiger partial charge in [0.25, 0.3) is 5.56 Å². The van der Waals surface area contributed by atoms with Crippen LogP contribution >= 0.6 is 11.8 Å². The average molecular weight is 264 g/mol. The molecule has 4 N–H and O–H groups in total. The molecule has 0 aliphatic heterocycles. The van der Waals surface area contributed by atoms with Crippen LogP contribution in [-0.2, 0) is 7.05 Å². The minimum absolute atomic E-state index is 0.0543. The van der Waals surface area contributed by atoms with E-state index in [2.05, 4.69) is 15.1 Å². The molecule has 0 aliphatic rings. The molecular formula is C10H12N6OS. The molecule has 0 amide bonds. The number of nitrogens with two attached hydrogens (primary N) is 1. The Balaban J connectivity index is 2.46. The summed E-state index contributed by atoms with van der Waals surface area (Å²) in [6.07, 6.45) is 1.43. The van der Waals surface area contributed by atoms with E-state index in [1.54, 1.807) is 18.7 Å². The predicted octanol–water partition coefficient (Wildman–Crippen LogP) is 0.247. The smallest absolute Gasteiger partial charge is 0.251 e. The lowest BCUT2D eigenvalue weighted by atomic mass is 10.2. The first-order valence-corrected chi connectivity index (χ1v) is 5.92. The third kappa shape index (κ3) is 2.28. The van der Waals surface area contributed by atoms with Crippen molar-refractivity contribution in [1.82, 2.24) is 19.7 Å². The van der Waals surface area contributed by atoms with Gasteiger partial charge in [0, 0.05) is 19.3 Å². The molecule has 0 radical (unpaired) electrons. The highest BCUT2D eigenvalue weighted by molar-refractivity contribution is 7.99. The molecule has 2 rings (SSSR count). The molecule has 0 bridgehead atoms. The molecule has 0 unspecified atom stereocenters. The third-order valence-electron chi connectivity index (χ3n) is 2.28. The molecule has 2 aromatic rings. The zero-order chi connectivity index (χ0) is 13.3. The second kappa shape index (κ2) is 4.65. The first-order chi connectivity index (χ1) is 8.49. The number of aryl methyl sites for hydroxylation is 2. The second-order valence-electron chi connectivity index (χ2n) is 3.64. The van der Waals surface area contributed by atoms with Crippen molar-refractivity contribution in [2.75, 3.05) is 0 Å². The monoisotopic (exact) mass is 264 g/mol. The largest absolute Gasteiger partial charge is 0.384 e. The van der Waals surface area contributed by atoms with Crippen molar-refractivity contribution < 1.29 is 0 Å². The Bertz CT molecular complexity index is 659. The number of hydrogen-bond donors (Lipinski definition) is 3. The van der Waals surface area contributed by atoms with Crippen molar-refractivity contribution in [3.05, 3.63) is 33.9 Å². The predicted molar refractivity (Wildman–Crippen MR) is 67.9 cm³/mol. The Kier molecular flexibility index (Phi) is 3.19. The fourth-order valence-corrected chi connectivity index (χ4v) is 2.54. The number of nitrogens with one attached hydrogen (secondary N) is 2. The van der Waals surface area contributed by atoms with Gasteiger partial charge < -0.3 is 10.7 Å². The topological polar surface area (TPSA) is 113 Å². The van der Waals surface area contributed by atoms with Crippen LogP contribution in [0.4, 0.5) is 0 Å². The van der Waals surface area contributed by atoms with E-state index in [0.717, 1.165) is 0 Å². The van der Waals surface area contributed by atoms with Gasteiger partial charge in [-0.05, 0) is 18.7 Å². The summed E-state index contributed by atoms with van der Waals surface area (Å²) in [4.78, 5) is 17.8. The van der Waals surface area contributed by atoms with Gasteiger partial charge in [-0.2, -0.15) is 5.10 Å². The van der Waals surface area contributed by atoms with Crippen LogP contribution < -0.4 is 11.3 Å². The summed E-state index contributed by atoms with van der Waals surface area (Å²) < 4.78 is 1.61. The maximum absolute atomic E-state index is 11.2. The number of amidine groups is 1. The van der Waals surface area contributed by atoms with Gasteiger partial charge in [0.05, 0.1) is 11.3 Å². The fourth-order valence-electron chi connectivity index (χ4n) is 1.56. The van der Waals surface area contributed by atoms with Crippen LogP contribution in [0.2, 0.25) is 0 Å². The molecule has 2 aromatic heterocycles. The van der Waals surface area contributed by atoms with Crippen molar-refractivity contribution in [3.63, 3.8) is 0 Å². The molecule has 0 saturated heterocycles. The quantitative estimate of drug-likeness (QED) is 0.417. The number of nitrogen functional groups attached to an aromatic ring is 1. The number of aromatic amines is 1. The van der Waals surface area contributed by atoms with Gasteiger partial charge in [-0.3, -0.25) is 14.9 Å². The molecule has 7 nitrogen and oxygen atoms in total. The van der Waals surface area contributed by atoms with E-state index in [9.17, 15) is 4.79 Å². The van der Waals surface area contributed by atoms with E-state index >= 15 is 0 Å². The molecule has 0 atom stereocenters. The number of aromatic nitrogens is 4. The Morgan fingerprint density at radius 3 is 2.94 bits per heavy atom. The molecule has 0 saturated carbocycles. The summed E-state index contributed by atoms with van der Waals surface area (Å²) in [6.45, 7) is 1.78. The molecule has 18 heavy (non-hydrogen) atoms. The summed E-state index contributed by atoms with van der Waals surface area (Å²) in [6, 6.07) is 1.34. The Labute approximate surface area is 107 Å². The molecule has 8 heteroatoms. The van der Waals surface area contributed by atoms with Crippen LogP contribution in [0.1, 0.15) is 11.3 Å². The molecule has 0 fully saturated rings. The maximum Gasteiger partial charge on any atom is 0.251 e. The van der Waals surface area contributed by atoms with Crippen LogP contribution in [0.5, 0.6) is 0 Å².